The third-order valence-corrected chi connectivity index (χ3v) is 3.80. The maximum Gasteiger partial charge on any atom is 0.120 e. The van der Waals surface area contributed by atoms with E-state index in [2.05, 4.69) is 36.5 Å². The van der Waals surface area contributed by atoms with Crippen LogP contribution < -0.4 is 5.32 Å². The molecule has 0 amide bonds. The molecule has 18 heavy (non-hydrogen) atoms. The molecule has 1 aromatic carbocycles. The lowest BCUT2D eigenvalue weighted by molar-refractivity contribution is 0.366. The van der Waals surface area contributed by atoms with Gasteiger partial charge in [0.25, 0.3) is 0 Å². The van der Waals surface area contributed by atoms with Crippen LogP contribution in [0.15, 0.2) is 47.1 Å². The molecule has 1 heterocycles. The predicted molar refractivity (Wildman–Crippen MR) is 72.5 cm³/mol. The number of hydrogen-bond acceptors (Lipinski definition) is 2. The molecule has 0 fully saturated rings. The molecule has 2 unspecified atom stereocenters. The fourth-order valence-corrected chi connectivity index (χ4v) is 2.81. The minimum absolute atomic E-state index is 0.287. The van der Waals surface area contributed by atoms with Crippen molar-refractivity contribution in [1.29, 1.82) is 0 Å². The van der Waals surface area contributed by atoms with Crippen LogP contribution in [0, 0.1) is 0 Å². The number of aryl methyl sites for hydroxylation is 1. The molecule has 0 radical (unpaired) electrons. The van der Waals surface area contributed by atoms with Crippen molar-refractivity contribution >= 4 is 0 Å². The van der Waals surface area contributed by atoms with E-state index in [0.29, 0.717) is 6.04 Å². The average molecular weight is 241 g/mol. The van der Waals surface area contributed by atoms with Crippen molar-refractivity contribution in [2.24, 2.45) is 0 Å². The zero-order chi connectivity index (χ0) is 12.4. The van der Waals surface area contributed by atoms with E-state index in [1.54, 1.807) is 6.26 Å². The van der Waals surface area contributed by atoms with Gasteiger partial charge in [-0.15, -0.1) is 0 Å². The van der Waals surface area contributed by atoms with E-state index in [9.17, 15) is 0 Å². The van der Waals surface area contributed by atoms with Gasteiger partial charge in [-0.1, -0.05) is 24.3 Å². The van der Waals surface area contributed by atoms with Gasteiger partial charge < -0.3 is 9.73 Å². The monoisotopic (exact) mass is 241 g/mol. The molecule has 0 saturated carbocycles. The van der Waals surface area contributed by atoms with Crippen LogP contribution in [0.5, 0.6) is 0 Å². The minimum Gasteiger partial charge on any atom is -0.468 e. The summed E-state index contributed by atoms with van der Waals surface area (Å²) in [6, 6.07) is 13.6. The Balaban J connectivity index is 1.66. The molecule has 1 aliphatic carbocycles. The first-order valence-electron chi connectivity index (χ1n) is 6.69. The van der Waals surface area contributed by atoms with E-state index in [1.807, 2.05) is 12.1 Å². The Labute approximate surface area is 108 Å². The third kappa shape index (κ3) is 2.34. The van der Waals surface area contributed by atoms with Crippen LogP contribution in [0.25, 0.3) is 0 Å². The largest absolute Gasteiger partial charge is 0.468 e. The molecular formula is C16H19NO. The number of hydrogen-bond donors (Lipinski definition) is 1. The molecule has 1 N–H and O–H groups in total. The summed E-state index contributed by atoms with van der Waals surface area (Å²) in [5.74, 6) is 1.02. The Morgan fingerprint density at radius 2 is 2.00 bits per heavy atom. The molecular weight excluding hydrogens is 222 g/mol. The number of benzene rings is 1. The van der Waals surface area contributed by atoms with E-state index in [0.717, 1.165) is 12.2 Å². The van der Waals surface area contributed by atoms with Gasteiger partial charge in [-0.05, 0) is 49.4 Å². The highest BCUT2D eigenvalue weighted by Crippen LogP contribution is 2.23. The molecule has 94 valence electrons. The van der Waals surface area contributed by atoms with Crippen LogP contribution in [-0.2, 0) is 12.8 Å². The first-order chi connectivity index (χ1) is 8.83. The molecule has 2 aromatic rings. The Morgan fingerprint density at radius 3 is 2.78 bits per heavy atom. The molecule has 2 heteroatoms. The standard InChI is InChI=1S/C16H19NO/c1-12(16-7-4-10-18-16)17-15-9-8-13-5-2-3-6-14(13)11-15/h2-7,10,12,15,17H,8-9,11H2,1H3. The fraction of sp³-hybridized carbons (Fsp3) is 0.375. The first kappa shape index (κ1) is 11.5. The second-order valence-corrected chi connectivity index (χ2v) is 5.11. The molecule has 1 aromatic heterocycles. The lowest BCUT2D eigenvalue weighted by atomic mass is 9.88. The summed E-state index contributed by atoms with van der Waals surface area (Å²) in [7, 11) is 0. The van der Waals surface area contributed by atoms with Gasteiger partial charge in [-0.3, -0.25) is 0 Å². The third-order valence-electron chi connectivity index (χ3n) is 3.80. The van der Waals surface area contributed by atoms with Crippen molar-refractivity contribution in [2.45, 2.75) is 38.3 Å². The smallest absolute Gasteiger partial charge is 0.120 e. The average Bonchev–Trinajstić information content (AvgIpc) is 2.92. The van der Waals surface area contributed by atoms with E-state index in [1.165, 1.54) is 24.0 Å². The summed E-state index contributed by atoms with van der Waals surface area (Å²) < 4.78 is 5.44. The van der Waals surface area contributed by atoms with Crippen molar-refractivity contribution in [3.05, 3.63) is 59.5 Å². The highest BCUT2D eigenvalue weighted by atomic mass is 16.3. The zero-order valence-corrected chi connectivity index (χ0v) is 10.7. The molecule has 0 spiro atoms. The highest BCUT2D eigenvalue weighted by molar-refractivity contribution is 5.30. The fourth-order valence-electron chi connectivity index (χ4n) is 2.81. The molecule has 2 atom stereocenters. The predicted octanol–water partition coefficient (Wildman–Crippen LogP) is 3.49. The summed E-state index contributed by atoms with van der Waals surface area (Å²) in [4.78, 5) is 0. The SMILES string of the molecule is CC(NC1CCc2ccccc2C1)c1ccco1. The Morgan fingerprint density at radius 1 is 1.17 bits per heavy atom. The van der Waals surface area contributed by atoms with Crippen LogP contribution in [0.3, 0.4) is 0 Å². The van der Waals surface area contributed by atoms with Crippen molar-refractivity contribution in [2.75, 3.05) is 0 Å². The maximum atomic E-state index is 5.44. The lowest BCUT2D eigenvalue weighted by Crippen LogP contribution is -2.36. The van der Waals surface area contributed by atoms with Gasteiger partial charge >= 0.3 is 0 Å². The molecule has 1 aliphatic rings. The highest BCUT2D eigenvalue weighted by Gasteiger charge is 2.20. The number of fused-ring (bicyclic) bond motifs is 1. The van der Waals surface area contributed by atoms with Crippen LogP contribution in [0.2, 0.25) is 0 Å². The summed E-state index contributed by atoms with van der Waals surface area (Å²) in [6.45, 7) is 2.17. The molecule has 0 saturated heterocycles. The van der Waals surface area contributed by atoms with E-state index in [-0.39, 0.29) is 6.04 Å². The van der Waals surface area contributed by atoms with Gasteiger partial charge in [0.1, 0.15) is 5.76 Å². The normalized spacial score (nSPS) is 20.4. The maximum absolute atomic E-state index is 5.44. The Hall–Kier alpha value is -1.54. The van der Waals surface area contributed by atoms with Gasteiger partial charge in [-0.25, -0.2) is 0 Å². The van der Waals surface area contributed by atoms with Crippen molar-refractivity contribution in [1.82, 2.24) is 5.32 Å². The van der Waals surface area contributed by atoms with E-state index in [4.69, 9.17) is 4.42 Å². The van der Waals surface area contributed by atoms with Gasteiger partial charge in [0, 0.05) is 6.04 Å². The van der Waals surface area contributed by atoms with Gasteiger partial charge in [0.05, 0.1) is 12.3 Å². The second kappa shape index (κ2) is 4.99. The van der Waals surface area contributed by atoms with Crippen molar-refractivity contribution in [3.8, 4) is 0 Å². The second-order valence-electron chi connectivity index (χ2n) is 5.11. The zero-order valence-electron chi connectivity index (χ0n) is 10.7. The van der Waals surface area contributed by atoms with Gasteiger partial charge in [-0.2, -0.15) is 0 Å². The van der Waals surface area contributed by atoms with E-state index < -0.39 is 0 Å². The van der Waals surface area contributed by atoms with Gasteiger partial charge in [0.2, 0.25) is 0 Å². The number of rotatable bonds is 3. The molecule has 3 rings (SSSR count). The first-order valence-corrected chi connectivity index (χ1v) is 6.69. The number of nitrogens with one attached hydrogen (secondary N) is 1. The van der Waals surface area contributed by atoms with E-state index >= 15 is 0 Å². The van der Waals surface area contributed by atoms with Crippen LogP contribution in [-0.4, -0.2) is 6.04 Å². The Bertz CT molecular complexity index is 504. The van der Waals surface area contributed by atoms with Crippen LogP contribution >= 0.6 is 0 Å². The Kier molecular flexibility index (Phi) is 3.20. The number of furan rings is 1. The summed E-state index contributed by atoms with van der Waals surface area (Å²) in [6.07, 6.45) is 5.26. The molecule has 2 nitrogen and oxygen atoms in total. The lowest BCUT2D eigenvalue weighted by Gasteiger charge is -2.27. The summed E-state index contributed by atoms with van der Waals surface area (Å²) in [5, 5.41) is 3.67. The molecule has 0 bridgehead atoms. The quantitative estimate of drug-likeness (QED) is 0.890. The topological polar surface area (TPSA) is 25.2 Å². The van der Waals surface area contributed by atoms with Gasteiger partial charge in [0.15, 0.2) is 0 Å². The summed E-state index contributed by atoms with van der Waals surface area (Å²) in [5.41, 5.74) is 3.01. The minimum atomic E-state index is 0.287. The molecule has 0 aliphatic heterocycles. The van der Waals surface area contributed by atoms with Crippen molar-refractivity contribution in [3.63, 3.8) is 0 Å². The van der Waals surface area contributed by atoms with Crippen molar-refractivity contribution < 1.29 is 4.42 Å². The summed E-state index contributed by atoms with van der Waals surface area (Å²) >= 11 is 0. The van der Waals surface area contributed by atoms with Crippen LogP contribution in [0.1, 0.15) is 36.3 Å². The van der Waals surface area contributed by atoms with Crippen LogP contribution in [0.4, 0.5) is 0 Å².